The van der Waals surface area contributed by atoms with Gasteiger partial charge in [0.2, 0.25) is 5.91 Å². The second-order valence-electron chi connectivity index (χ2n) is 6.27. The van der Waals surface area contributed by atoms with E-state index in [0.29, 0.717) is 18.5 Å². The molecule has 0 unspecified atom stereocenters. The number of anilines is 1. The Bertz CT molecular complexity index is 698. The van der Waals surface area contributed by atoms with E-state index in [0.717, 1.165) is 6.26 Å². The van der Waals surface area contributed by atoms with Gasteiger partial charge in [-0.25, -0.2) is 8.42 Å². The molecule has 0 aliphatic heterocycles. The molecule has 2 rings (SSSR count). The summed E-state index contributed by atoms with van der Waals surface area (Å²) in [6.07, 6.45) is -2.49. The van der Waals surface area contributed by atoms with Crippen LogP contribution in [0.15, 0.2) is 29.2 Å². The minimum Gasteiger partial charge on any atom is -0.315 e. The Morgan fingerprint density at radius 3 is 2.25 bits per heavy atom. The third-order valence-electron chi connectivity index (χ3n) is 4.47. The first-order valence-electron chi connectivity index (χ1n) is 7.64. The maximum absolute atomic E-state index is 12.9. The van der Waals surface area contributed by atoms with Crippen LogP contribution in [-0.2, 0) is 14.6 Å². The SMILES string of the molecule is CN(C(=O)[C@@H]1CCC[C@H](C(F)(F)F)C1)c1ccc(S(C)(=O)=O)cc1. The van der Waals surface area contributed by atoms with E-state index >= 15 is 0 Å². The summed E-state index contributed by atoms with van der Waals surface area (Å²) in [7, 11) is -1.84. The normalized spacial score (nSPS) is 22.2. The standard InChI is InChI=1S/C16H20F3NO3S/c1-20(13-6-8-14(9-7-13)24(2,22)23)15(21)11-4-3-5-12(10-11)16(17,18)19/h6-9,11-12H,3-5,10H2,1-2H3/t11-,12+/m1/s1. The summed E-state index contributed by atoms with van der Waals surface area (Å²) in [6, 6.07) is 5.73. The number of benzene rings is 1. The zero-order chi connectivity index (χ0) is 18.1. The summed E-state index contributed by atoms with van der Waals surface area (Å²) < 4.78 is 61.5. The highest BCUT2D eigenvalue weighted by atomic mass is 32.2. The topological polar surface area (TPSA) is 54.5 Å². The number of nitrogens with zero attached hydrogens (tertiary/aromatic N) is 1. The van der Waals surface area contributed by atoms with Gasteiger partial charge >= 0.3 is 6.18 Å². The Kier molecular flexibility index (Phi) is 5.27. The number of rotatable bonds is 3. The molecule has 0 spiro atoms. The summed E-state index contributed by atoms with van der Waals surface area (Å²) in [6.45, 7) is 0. The molecule has 4 nitrogen and oxygen atoms in total. The van der Waals surface area contributed by atoms with Crippen molar-refractivity contribution in [3.8, 4) is 0 Å². The third kappa shape index (κ3) is 4.28. The van der Waals surface area contributed by atoms with Gasteiger partial charge in [0.25, 0.3) is 0 Å². The molecule has 1 aromatic rings. The average Bonchev–Trinajstić information content (AvgIpc) is 2.52. The predicted molar refractivity (Wildman–Crippen MR) is 84.5 cm³/mol. The quantitative estimate of drug-likeness (QED) is 0.827. The molecule has 0 radical (unpaired) electrons. The molecule has 24 heavy (non-hydrogen) atoms. The second-order valence-corrected chi connectivity index (χ2v) is 8.28. The summed E-state index contributed by atoms with van der Waals surface area (Å²) in [5, 5.41) is 0. The number of hydrogen-bond donors (Lipinski definition) is 0. The molecule has 1 aromatic carbocycles. The maximum Gasteiger partial charge on any atom is 0.391 e. The fraction of sp³-hybridized carbons (Fsp3) is 0.562. The van der Waals surface area contributed by atoms with Crippen LogP contribution < -0.4 is 4.90 Å². The van der Waals surface area contributed by atoms with Crippen molar-refractivity contribution in [2.24, 2.45) is 11.8 Å². The minimum atomic E-state index is -4.27. The van der Waals surface area contributed by atoms with E-state index in [9.17, 15) is 26.4 Å². The van der Waals surface area contributed by atoms with E-state index in [-0.39, 0.29) is 23.6 Å². The van der Waals surface area contributed by atoms with Gasteiger partial charge in [0.15, 0.2) is 9.84 Å². The Hall–Kier alpha value is -1.57. The van der Waals surface area contributed by atoms with Crippen molar-refractivity contribution < 1.29 is 26.4 Å². The molecule has 0 aromatic heterocycles. The van der Waals surface area contributed by atoms with E-state index in [1.54, 1.807) is 0 Å². The Labute approximate surface area is 139 Å². The molecule has 1 amide bonds. The van der Waals surface area contributed by atoms with Crippen molar-refractivity contribution >= 4 is 21.4 Å². The van der Waals surface area contributed by atoms with Gasteiger partial charge in [-0.3, -0.25) is 4.79 Å². The highest BCUT2D eigenvalue weighted by Crippen LogP contribution is 2.40. The van der Waals surface area contributed by atoms with Crippen LogP contribution in [0.5, 0.6) is 0 Å². The molecule has 1 saturated carbocycles. The zero-order valence-corrected chi connectivity index (χ0v) is 14.3. The van der Waals surface area contributed by atoms with E-state index in [4.69, 9.17) is 0 Å². The number of sulfone groups is 1. The van der Waals surface area contributed by atoms with Crippen molar-refractivity contribution in [2.45, 2.75) is 36.8 Å². The average molecular weight is 363 g/mol. The van der Waals surface area contributed by atoms with Crippen LogP contribution in [0.4, 0.5) is 18.9 Å². The highest BCUT2D eigenvalue weighted by Gasteiger charge is 2.44. The number of hydrogen-bond acceptors (Lipinski definition) is 3. The van der Waals surface area contributed by atoms with Gasteiger partial charge < -0.3 is 4.90 Å². The molecule has 0 N–H and O–H groups in total. The molecule has 0 bridgehead atoms. The van der Waals surface area contributed by atoms with Crippen LogP contribution >= 0.6 is 0 Å². The summed E-state index contributed by atoms with van der Waals surface area (Å²) in [4.78, 5) is 13.9. The van der Waals surface area contributed by atoms with Crippen LogP contribution in [0.3, 0.4) is 0 Å². The molecule has 0 heterocycles. The Morgan fingerprint density at radius 1 is 1.17 bits per heavy atom. The zero-order valence-electron chi connectivity index (χ0n) is 13.5. The largest absolute Gasteiger partial charge is 0.391 e. The molecular weight excluding hydrogens is 343 g/mol. The van der Waals surface area contributed by atoms with Crippen LogP contribution in [0.1, 0.15) is 25.7 Å². The van der Waals surface area contributed by atoms with Crippen molar-refractivity contribution in [2.75, 3.05) is 18.2 Å². The number of halogens is 3. The molecule has 2 atom stereocenters. The van der Waals surface area contributed by atoms with Crippen molar-refractivity contribution in [3.05, 3.63) is 24.3 Å². The van der Waals surface area contributed by atoms with Gasteiger partial charge in [-0.15, -0.1) is 0 Å². The van der Waals surface area contributed by atoms with Gasteiger partial charge in [-0.2, -0.15) is 13.2 Å². The highest BCUT2D eigenvalue weighted by molar-refractivity contribution is 7.90. The molecule has 1 fully saturated rings. The van der Waals surface area contributed by atoms with Crippen molar-refractivity contribution in [1.29, 1.82) is 0 Å². The number of carbonyl (C=O) groups excluding carboxylic acids is 1. The lowest BCUT2D eigenvalue weighted by Gasteiger charge is -2.32. The molecular formula is C16H20F3NO3S. The summed E-state index contributed by atoms with van der Waals surface area (Å²) >= 11 is 0. The monoisotopic (exact) mass is 363 g/mol. The van der Waals surface area contributed by atoms with Crippen LogP contribution in [0, 0.1) is 11.8 Å². The lowest BCUT2D eigenvalue weighted by Crippen LogP contribution is -2.38. The third-order valence-corrected chi connectivity index (χ3v) is 5.60. The lowest BCUT2D eigenvalue weighted by atomic mass is 9.80. The van der Waals surface area contributed by atoms with Gasteiger partial charge in [0, 0.05) is 24.9 Å². The predicted octanol–water partition coefficient (Wildman–Crippen LogP) is 3.42. The van der Waals surface area contributed by atoms with E-state index in [1.165, 1.54) is 36.2 Å². The summed E-state index contributed by atoms with van der Waals surface area (Å²) in [5.74, 6) is -2.46. The van der Waals surface area contributed by atoms with Gasteiger partial charge in [-0.05, 0) is 43.5 Å². The van der Waals surface area contributed by atoms with Crippen LogP contribution in [0.2, 0.25) is 0 Å². The molecule has 0 saturated heterocycles. The number of carbonyl (C=O) groups is 1. The maximum atomic E-state index is 12.9. The first kappa shape index (κ1) is 18.8. The first-order chi connectivity index (χ1) is 11.0. The van der Waals surface area contributed by atoms with Gasteiger partial charge in [-0.1, -0.05) is 6.42 Å². The van der Waals surface area contributed by atoms with E-state index in [2.05, 4.69) is 0 Å². The fourth-order valence-corrected chi connectivity index (χ4v) is 3.66. The molecule has 1 aliphatic carbocycles. The van der Waals surface area contributed by atoms with Crippen LogP contribution in [-0.4, -0.2) is 33.8 Å². The molecule has 8 heteroatoms. The smallest absolute Gasteiger partial charge is 0.315 e. The molecule has 1 aliphatic rings. The fourth-order valence-electron chi connectivity index (χ4n) is 3.03. The Morgan fingerprint density at radius 2 is 1.75 bits per heavy atom. The second kappa shape index (κ2) is 6.74. The van der Waals surface area contributed by atoms with Gasteiger partial charge in [0.05, 0.1) is 10.8 Å². The first-order valence-corrected chi connectivity index (χ1v) is 9.53. The van der Waals surface area contributed by atoms with Crippen LogP contribution in [0.25, 0.3) is 0 Å². The summed E-state index contributed by atoms with van der Waals surface area (Å²) in [5.41, 5.74) is 0.460. The molecule has 134 valence electrons. The van der Waals surface area contributed by atoms with E-state index in [1.807, 2.05) is 0 Å². The van der Waals surface area contributed by atoms with Crippen molar-refractivity contribution in [3.63, 3.8) is 0 Å². The van der Waals surface area contributed by atoms with Gasteiger partial charge in [0.1, 0.15) is 0 Å². The number of amides is 1. The Balaban J connectivity index is 2.11. The van der Waals surface area contributed by atoms with Crippen molar-refractivity contribution in [1.82, 2.24) is 0 Å². The van der Waals surface area contributed by atoms with E-state index < -0.39 is 27.8 Å². The number of alkyl halides is 3. The minimum absolute atomic E-state index is 0.0695. The lowest BCUT2D eigenvalue weighted by molar-refractivity contribution is -0.186.